The van der Waals surface area contributed by atoms with Crippen LogP contribution in [0.1, 0.15) is 99.2 Å². The lowest BCUT2D eigenvalue weighted by atomic mass is 9.99. The van der Waals surface area contributed by atoms with Gasteiger partial charge in [0.05, 0.1) is 24.1 Å². The van der Waals surface area contributed by atoms with E-state index in [2.05, 4.69) is 37.2 Å². The minimum Gasteiger partial charge on any atom is -0.508 e. The van der Waals surface area contributed by atoms with E-state index in [0.29, 0.717) is 36.0 Å². The molecular weight excluding hydrogens is 875 g/mol. The zero-order valence-electron chi connectivity index (χ0n) is 38.0. The standard InChI is InChI=1S/C46H63N7O12S/c1-25(2)40(52-43(61)33(48-28(5)54)21-29-16-18-30(55)19-17-29)44(62)49-31(13-8-9-20-47-37(57)15-7-6-14-36-41-34(24-66-36)51-46(64)53-41)42(60)50-32(22-38(58)59)35(56)23-65-45(63)39-26(3)11-10-12-27(39)4/h10-12,16-19,25,31-34,36,40-41,55H,6-9,13-15,20-24H2,1-5H3,(H,47,57)(H,48,54)(H,49,62)(H,50,60)(H,52,61)(H,58,59)(H2,51,53,64)/t31-,32-,33-,34-,36-,40-,41-/m0/s1. The molecule has 0 radical (unpaired) electrons. The van der Waals surface area contributed by atoms with Crippen molar-refractivity contribution in [3.63, 3.8) is 0 Å². The van der Waals surface area contributed by atoms with Crippen LogP contribution >= 0.6 is 11.8 Å². The van der Waals surface area contributed by atoms with E-state index in [1.54, 1.807) is 58.0 Å². The summed E-state index contributed by atoms with van der Waals surface area (Å²) in [7, 11) is 0. The van der Waals surface area contributed by atoms with E-state index < -0.39 is 84.5 Å². The average molecular weight is 938 g/mol. The van der Waals surface area contributed by atoms with Crippen LogP contribution in [0.3, 0.4) is 0 Å². The summed E-state index contributed by atoms with van der Waals surface area (Å²) in [6.45, 7) is 7.35. The van der Waals surface area contributed by atoms with E-state index in [4.69, 9.17) is 4.74 Å². The molecule has 4 rings (SSSR count). The van der Waals surface area contributed by atoms with Gasteiger partial charge in [-0.1, -0.05) is 50.6 Å². The van der Waals surface area contributed by atoms with Gasteiger partial charge in [-0.25, -0.2) is 9.59 Å². The quantitative estimate of drug-likeness (QED) is 0.0372. The first-order valence-corrected chi connectivity index (χ1v) is 23.3. The molecule has 0 aliphatic carbocycles. The molecule has 66 heavy (non-hydrogen) atoms. The zero-order valence-corrected chi connectivity index (χ0v) is 38.8. The van der Waals surface area contributed by atoms with Crippen LogP contribution < -0.4 is 37.2 Å². The minimum atomic E-state index is -1.65. The Labute approximate surface area is 388 Å². The Morgan fingerprint density at radius 1 is 0.818 bits per heavy atom. The number of esters is 1. The molecule has 2 fully saturated rings. The molecule has 0 aromatic heterocycles. The van der Waals surface area contributed by atoms with Crippen LogP contribution in [-0.4, -0.2) is 124 Å². The van der Waals surface area contributed by atoms with Gasteiger partial charge < -0.3 is 52.2 Å². The molecule has 0 saturated carbocycles. The van der Waals surface area contributed by atoms with Gasteiger partial charge in [0, 0.05) is 37.3 Å². The Morgan fingerprint density at radius 2 is 1.48 bits per heavy atom. The third-order valence-electron chi connectivity index (χ3n) is 11.4. The summed E-state index contributed by atoms with van der Waals surface area (Å²) in [6.07, 6.45) is 2.44. The number of Topliss-reactive ketones (excluding diaryl/α,β-unsaturated/α-hetero) is 1. The van der Waals surface area contributed by atoms with E-state index in [-0.39, 0.29) is 66.4 Å². The number of fused-ring (bicyclic) bond motifs is 1. The number of aryl methyl sites for hydroxylation is 2. The van der Waals surface area contributed by atoms with E-state index in [0.717, 1.165) is 18.6 Å². The smallest absolute Gasteiger partial charge is 0.339 e. The summed E-state index contributed by atoms with van der Waals surface area (Å²) in [5.41, 5.74) is 2.06. The summed E-state index contributed by atoms with van der Waals surface area (Å²) >= 11 is 1.81. The fraction of sp³-hybridized carbons (Fsp3) is 0.543. The van der Waals surface area contributed by atoms with Crippen molar-refractivity contribution in [2.75, 3.05) is 18.9 Å². The Kier molecular flexibility index (Phi) is 20.3. The van der Waals surface area contributed by atoms with Gasteiger partial charge in [0.15, 0.2) is 12.4 Å². The van der Waals surface area contributed by atoms with Gasteiger partial charge in [-0.3, -0.25) is 33.6 Å². The molecule has 2 saturated heterocycles. The second kappa shape index (κ2) is 25.5. The van der Waals surface area contributed by atoms with Crippen LogP contribution in [0.4, 0.5) is 4.79 Å². The highest BCUT2D eigenvalue weighted by Crippen LogP contribution is 2.33. The van der Waals surface area contributed by atoms with Crippen LogP contribution in [0.25, 0.3) is 0 Å². The molecule has 20 heteroatoms. The number of ether oxygens (including phenoxy) is 1. The molecule has 2 aliphatic rings. The summed E-state index contributed by atoms with van der Waals surface area (Å²) < 4.78 is 5.25. The first kappa shape index (κ1) is 52.4. The predicted molar refractivity (Wildman–Crippen MR) is 244 cm³/mol. The molecule has 0 spiro atoms. The Bertz CT molecular complexity index is 2060. The maximum Gasteiger partial charge on any atom is 0.339 e. The molecule has 2 aromatic carbocycles. The molecule has 19 nitrogen and oxygen atoms in total. The normalized spacial score (nSPS) is 18.0. The number of aromatic hydroxyl groups is 1. The van der Waals surface area contributed by atoms with E-state index in [1.807, 2.05) is 11.8 Å². The Hall–Kier alpha value is -6.18. The van der Waals surface area contributed by atoms with Crippen LogP contribution in [0.2, 0.25) is 0 Å². The number of thioether (sulfide) groups is 1. The zero-order chi connectivity index (χ0) is 48.5. The Morgan fingerprint density at radius 3 is 2.14 bits per heavy atom. The van der Waals surface area contributed by atoms with Crippen molar-refractivity contribution in [3.8, 4) is 5.75 Å². The lowest BCUT2D eigenvalue weighted by molar-refractivity contribution is -0.141. The number of unbranched alkanes of at least 4 members (excludes halogenated alkanes) is 2. The summed E-state index contributed by atoms with van der Waals surface area (Å²) in [5, 5.41) is 38.7. The minimum absolute atomic E-state index is 0.00808. The Balaban J connectivity index is 1.40. The van der Waals surface area contributed by atoms with E-state index >= 15 is 0 Å². The number of ketones is 1. The molecule has 7 amide bonds. The van der Waals surface area contributed by atoms with Crippen molar-refractivity contribution < 1.29 is 58.1 Å². The van der Waals surface area contributed by atoms with Gasteiger partial charge in [0.2, 0.25) is 29.5 Å². The maximum atomic E-state index is 14.0. The molecule has 7 atom stereocenters. The van der Waals surface area contributed by atoms with Crippen LogP contribution in [0.15, 0.2) is 42.5 Å². The van der Waals surface area contributed by atoms with Crippen LogP contribution in [0.5, 0.6) is 5.75 Å². The first-order chi connectivity index (χ1) is 31.3. The lowest BCUT2D eigenvalue weighted by Gasteiger charge is -2.28. The predicted octanol–water partition coefficient (Wildman–Crippen LogP) is 2.08. The average Bonchev–Trinajstić information content (AvgIpc) is 3.81. The molecule has 360 valence electrons. The van der Waals surface area contributed by atoms with Gasteiger partial charge in [-0.05, 0) is 80.7 Å². The number of amides is 7. The van der Waals surface area contributed by atoms with Gasteiger partial charge in [0.1, 0.15) is 29.9 Å². The number of carbonyl (C=O) groups excluding carboxylic acids is 8. The number of urea groups is 1. The van der Waals surface area contributed by atoms with Crippen LogP contribution in [0, 0.1) is 19.8 Å². The van der Waals surface area contributed by atoms with E-state index in [1.165, 1.54) is 19.1 Å². The molecular formula is C46H63N7O12S. The first-order valence-electron chi connectivity index (χ1n) is 22.2. The second-order valence-corrected chi connectivity index (χ2v) is 18.4. The number of phenols is 1. The molecule has 0 bridgehead atoms. The van der Waals surface area contributed by atoms with Crippen molar-refractivity contribution in [2.45, 2.75) is 134 Å². The van der Waals surface area contributed by atoms with Gasteiger partial charge in [-0.15, -0.1) is 0 Å². The summed E-state index contributed by atoms with van der Waals surface area (Å²) in [4.78, 5) is 116. The second-order valence-electron chi connectivity index (χ2n) is 17.1. The number of carboxylic acids is 1. The molecule has 0 unspecified atom stereocenters. The lowest BCUT2D eigenvalue weighted by Crippen LogP contribution is -2.59. The fourth-order valence-corrected chi connectivity index (χ4v) is 9.39. The maximum absolute atomic E-state index is 14.0. The highest BCUT2D eigenvalue weighted by Gasteiger charge is 2.42. The van der Waals surface area contributed by atoms with Crippen molar-refractivity contribution in [3.05, 3.63) is 64.7 Å². The van der Waals surface area contributed by atoms with Crippen molar-refractivity contribution >= 4 is 65.1 Å². The summed E-state index contributed by atoms with van der Waals surface area (Å²) in [5.74, 6) is -5.87. The number of hydrogen-bond donors (Lipinski definition) is 9. The van der Waals surface area contributed by atoms with Gasteiger partial charge in [0.25, 0.3) is 0 Å². The fourth-order valence-electron chi connectivity index (χ4n) is 7.84. The van der Waals surface area contributed by atoms with Gasteiger partial charge >= 0.3 is 18.0 Å². The number of hydrogen-bond acceptors (Lipinski definition) is 12. The molecule has 2 heterocycles. The number of aliphatic carboxylic acids is 1. The monoisotopic (exact) mass is 937 g/mol. The SMILES string of the molecule is CC(=O)N[C@@H](Cc1ccc(O)cc1)C(=O)N[C@H](C(=O)N[C@@H](CCCCNC(=O)CCCC[C@@H]1SC[C@@H]2NC(=O)N[C@@H]21)C(=O)N[C@@H](CC(=O)O)C(=O)COC(=O)c1c(C)cccc1C)C(C)C. The van der Waals surface area contributed by atoms with Gasteiger partial charge in [-0.2, -0.15) is 11.8 Å². The number of phenolic OH excluding ortho intramolecular Hbond substituents is 1. The number of benzene rings is 2. The van der Waals surface area contributed by atoms with E-state index in [9.17, 15) is 53.4 Å². The molecule has 2 aromatic rings. The number of carbonyl (C=O) groups is 9. The highest BCUT2D eigenvalue weighted by atomic mass is 32.2. The molecule has 9 N–H and O–H groups in total. The topological polar surface area (TPSA) is 288 Å². The van der Waals surface area contributed by atoms with Crippen LogP contribution in [-0.2, 0) is 44.7 Å². The highest BCUT2D eigenvalue weighted by molar-refractivity contribution is 8.00. The molecule has 2 aliphatic heterocycles. The number of rotatable bonds is 26. The third kappa shape index (κ3) is 16.4. The summed E-state index contributed by atoms with van der Waals surface area (Å²) in [6, 6.07) is 5.88. The van der Waals surface area contributed by atoms with Crippen molar-refractivity contribution in [1.29, 1.82) is 0 Å². The third-order valence-corrected chi connectivity index (χ3v) is 12.9. The largest absolute Gasteiger partial charge is 0.508 e. The number of nitrogens with one attached hydrogen (secondary N) is 7. The van der Waals surface area contributed by atoms with Crippen molar-refractivity contribution in [1.82, 2.24) is 37.2 Å². The number of carboxylic acid groups (broad SMARTS) is 1. The van der Waals surface area contributed by atoms with Crippen molar-refractivity contribution in [2.24, 2.45) is 5.92 Å².